The monoisotopic (exact) mass is 424 g/mol. The lowest BCUT2D eigenvalue weighted by Gasteiger charge is -2.19. The van der Waals surface area contributed by atoms with Crippen molar-refractivity contribution < 1.29 is 18.3 Å². The number of aromatic nitrogens is 2. The third-order valence-corrected chi connectivity index (χ3v) is 5.44. The molecule has 0 radical (unpaired) electrons. The summed E-state index contributed by atoms with van der Waals surface area (Å²) in [5, 5.41) is 7.07. The lowest BCUT2D eigenvalue weighted by molar-refractivity contribution is 0.102. The fourth-order valence-corrected chi connectivity index (χ4v) is 3.84. The molecule has 9 heteroatoms. The molecule has 1 aromatic heterocycles. The summed E-state index contributed by atoms with van der Waals surface area (Å²) < 4.78 is 34.7. The Hall–Kier alpha value is -3.20. The lowest BCUT2D eigenvalue weighted by atomic mass is 9.92. The molecule has 0 bridgehead atoms. The number of hydrogen-bond donors (Lipinski definition) is 1. The van der Waals surface area contributed by atoms with Crippen LogP contribution in [0.5, 0.6) is 5.75 Å². The Morgan fingerprint density at radius 2 is 2.00 bits per heavy atom. The highest BCUT2D eigenvalue weighted by molar-refractivity contribution is 6.35. The molecule has 31 heavy (non-hydrogen) atoms. The first-order chi connectivity index (χ1) is 14.8. The van der Waals surface area contributed by atoms with Crippen molar-refractivity contribution in [2.45, 2.75) is 12.5 Å². The summed E-state index contributed by atoms with van der Waals surface area (Å²) in [7, 11) is 5.87. The minimum Gasteiger partial charge on any atom is -0.488 e. The van der Waals surface area contributed by atoms with E-state index < -0.39 is 17.5 Å². The number of anilines is 1. The molecule has 1 aliphatic rings. The van der Waals surface area contributed by atoms with Crippen LogP contribution in [0, 0.1) is 11.6 Å². The van der Waals surface area contributed by atoms with E-state index in [9.17, 15) is 13.6 Å². The van der Waals surface area contributed by atoms with Crippen LogP contribution < -0.4 is 15.5 Å². The van der Waals surface area contributed by atoms with Gasteiger partial charge in [0, 0.05) is 43.1 Å². The lowest BCUT2D eigenvalue weighted by Crippen LogP contribution is -2.22. The number of rotatable bonds is 5. The van der Waals surface area contributed by atoms with Crippen molar-refractivity contribution in [2.75, 3.05) is 25.5 Å². The standard InChI is InChI=1S/C22H23BF2N4O2/c1-28-8-7-15(12-28)31-20-6-4-14(10-16(20)21-17(23)11-26-29(21)2)27-22(30)13-3-5-18(24)19(25)9-13/h3-6,9-11,15H,7-8,12,23H2,1-2H3,(H,27,30)/t15-/m1/s1. The van der Waals surface area contributed by atoms with Gasteiger partial charge in [-0.15, -0.1) is 0 Å². The predicted octanol–water partition coefficient (Wildman–Crippen LogP) is 1.96. The molecule has 4 rings (SSSR count). The predicted molar refractivity (Wildman–Crippen MR) is 118 cm³/mol. The molecule has 1 fully saturated rings. The summed E-state index contributed by atoms with van der Waals surface area (Å²) in [5.74, 6) is -1.89. The van der Waals surface area contributed by atoms with Crippen LogP contribution in [0.4, 0.5) is 14.5 Å². The van der Waals surface area contributed by atoms with Crippen LogP contribution in [0.2, 0.25) is 0 Å². The van der Waals surface area contributed by atoms with E-state index in [0.717, 1.165) is 48.4 Å². The zero-order valence-corrected chi connectivity index (χ0v) is 17.7. The van der Waals surface area contributed by atoms with E-state index in [4.69, 9.17) is 4.74 Å². The van der Waals surface area contributed by atoms with Crippen molar-refractivity contribution >= 4 is 24.9 Å². The fraction of sp³-hybridized carbons (Fsp3) is 0.273. The smallest absolute Gasteiger partial charge is 0.255 e. The summed E-state index contributed by atoms with van der Waals surface area (Å²) in [6.07, 6.45) is 2.80. The average Bonchev–Trinajstić information content (AvgIpc) is 3.29. The van der Waals surface area contributed by atoms with Gasteiger partial charge in [-0.1, -0.05) is 0 Å². The third kappa shape index (κ3) is 4.46. The minimum atomic E-state index is -1.07. The number of carbonyl (C=O) groups is 1. The van der Waals surface area contributed by atoms with E-state index in [0.29, 0.717) is 11.4 Å². The van der Waals surface area contributed by atoms with E-state index in [1.54, 1.807) is 16.9 Å². The van der Waals surface area contributed by atoms with Gasteiger partial charge < -0.3 is 15.0 Å². The minimum absolute atomic E-state index is 0.0338. The number of nitrogens with one attached hydrogen (secondary N) is 1. The first kappa shape index (κ1) is 21.1. The van der Waals surface area contributed by atoms with Crippen LogP contribution in [-0.4, -0.2) is 54.7 Å². The van der Waals surface area contributed by atoms with Crippen molar-refractivity contribution in [1.29, 1.82) is 0 Å². The van der Waals surface area contributed by atoms with E-state index in [-0.39, 0.29) is 11.7 Å². The summed E-state index contributed by atoms with van der Waals surface area (Å²) in [5.41, 5.74) is 3.20. The number of likely N-dealkylation sites (tertiary alicyclic amines) is 1. The van der Waals surface area contributed by atoms with Crippen LogP contribution in [0.15, 0.2) is 42.6 Å². The molecular weight excluding hydrogens is 401 g/mol. The van der Waals surface area contributed by atoms with Gasteiger partial charge >= 0.3 is 0 Å². The van der Waals surface area contributed by atoms with Crippen molar-refractivity contribution in [2.24, 2.45) is 7.05 Å². The van der Waals surface area contributed by atoms with Gasteiger partial charge in [0.1, 0.15) is 19.7 Å². The SMILES string of the molecule is Bc1cnn(C)c1-c1cc(NC(=O)c2ccc(F)c(F)c2)ccc1O[C@@H]1CCN(C)C1. The Bertz CT molecular complexity index is 1120. The third-order valence-electron chi connectivity index (χ3n) is 5.44. The first-order valence-corrected chi connectivity index (χ1v) is 10.1. The van der Waals surface area contributed by atoms with Gasteiger partial charge in [-0.05, 0) is 55.3 Å². The molecule has 1 amide bonds. The van der Waals surface area contributed by atoms with Crippen LogP contribution >= 0.6 is 0 Å². The first-order valence-electron chi connectivity index (χ1n) is 10.1. The van der Waals surface area contributed by atoms with Gasteiger partial charge in [0.2, 0.25) is 0 Å². The highest BCUT2D eigenvalue weighted by Crippen LogP contribution is 2.33. The van der Waals surface area contributed by atoms with Crippen molar-refractivity contribution in [3.05, 3.63) is 59.8 Å². The van der Waals surface area contributed by atoms with Crippen LogP contribution in [-0.2, 0) is 7.05 Å². The number of likely N-dealkylation sites (N-methyl/N-ethyl adjacent to an activating group) is 1. The molecule has 2 aromatic carbocycles. The van der Waals surface area contributed by atoms with Crippen LogP contribution in [0.1, 0.15) is 16.8 Å². The van der Waals surface area contributed by atoms with Crippen molar-refractivity contribution in [3.8, 4) is 17.0 Å². The van der Waals surface area contributed by atoms with Gasteiger partial charge in [0.05, 0.1) is 5.69 Å². The molecule has 3 aromatic rings. The molecule has 1 N–H and O–H groups in total. The zero-order valence-electron chi connectivity index (χ0n) is 17.7. The molecule has 0 saturated carbocycles. The molecule has 6 nitrogen and oxygen atoms in total. The van der Waals surface area contributed by atoms with Gasteiger partial charge in [-0.2, -0.15) is 5.10 Å². The molecule has 1 saturated heterocycles. The highest BCUT2D eigenvalue weighted by atomic mass is 19.2. The van der Waals surface area contributed by atoms with Gasteiger partial charge in [-0.3, -0.25) is 9.48 Å². The average molecular weight is 424 g/mol. The second-order valence-corrected chi connectivity index (χ2v) is 7.88. The molecule has 1 aliphatic heterocycles. The van der Waals surface area contributed by atoms with E-state index in [1.165, 1.54) is 6.07 Å². The molecule has 2 heterocycles. The number of amides is 1. The van der Waals surface area contributed by atoms with Gasteiger partial charge in [-0.25, -0.2) is 8.78 Å². The molecule has 160 valence electrons. The van der Waals surface area contributed by atoms with E-state index >= 15 is 0 Å². The van der Waals surface area contributed by atoms with E-state index in [1.807, 2.05) is 27.0 Å². The number of aryl methyl sites for hydroxylation is 1. The fourth-order valence-electron chi connectivity index (χ4n) is 3.84. The normalized spacial score (nSPS) is 16.5. The molecule has 0 spiro atoms. The topological polar surface area (TPSA) is 59.4 Å². The number of nitrogens with zero attached hydrogens (tertiary/aromatic N) is 3. The van der Waals surface area contributed by atoms with Gasteiger partial charge in [0.15, 0.2) is 11.6 Å². The zero-order chi connectivity index (χ0) is 22.1. The maximum Gasteiger partial charge on any atom is 0.255 e. The summed E-state index contributed by atoms with van der Waals surface area (Å²) in [6, 6.07) is 8.43. The maximum atomic E-state index is 13.5. The van der Waals surface area contributed by atoms with Crippen LogP contribution in [0.3, 0.4) is 0 Å². The number of ether oxygens (including phenoxy) is 1. The van der Waals surface area contributed by atoms with Crippen LogP contribution in [0.25, 0.3) is 11.3 Å². The quantitative estimate of drug-likeness (QED) is 0.637. The molecular formula is C22H23BF2N4O2. The number of carbonyl (C=O) groups excluding carboxylic acids is 1. The summed E-state index contributed by atoms with van der Waals surface area (Å²) >= 11 is 0. The largest absolute Gasteiger partial charge is 0.488 e. The van der Waals surface area contributed by atoms with Crippen molar-refractivity contribution in [3.63, 3.8) is 0 Å². The number of hydrogen-bond acceptors (Lipinski definition) is 4. The Balaban J connectivity index is 1.66. The Kier molecular flexibility index (Phi) is 5.78. The van der Waals surface area contributed by atoms with E-state index in [2.05, 4.69) is 22.4 Å². The second kappa shape index (κ2) is 8.51. The molecule has 0 unspecified atom stereocenters. The van der Waals surface area contributed by atoms with Gasteiger partial charge in [0.25, 0.3) is 5.91 Å². The number of benzene rings is 2. The number of halogens is 2. The second-order valence-electron chi connectivity index (χ2n) is 7.88. The Labute approximate surface area is 180 Å². The van der Waals surface area contributed by atoms with Crippen molar-refractivity contribution in [1.82, 2.24) is 14.7 Å². The Morgan fingerprint density at radius 3 is 2.65 bits per heavy atom. The summed E-state index contributed by atoms with van der Waals surface area (Å²) in [6.45, 7) is 1.82. The summed E-state index contributed by atoms with van der Waals surface area (Å²) in [4.78, 5) is 14.8. The molecule has 1 atom stereocenters. The maximum absolute atomic E-state index is 13.5. The molecule has 0 aliphatic carbocycles. The Morgan fingerprint density at radius 1 is 1.19 bits per heavy atom. The highest BCUT2D eigenvalue weighted by Gasteiger charge is 2.23.